The lowest BCUT2D eigenvalue weighted by molar-refractivity contribution is 0.462. The van der Waals surface area contributed by atoms with E-state index in [0.29, 0.717) is 11.6 Å². The Morgan fingerprint density at radius 1 is 0.909 bits per heavy atom. The molecule has 0 spiro atoms. The number of pyridine rings is 1. The van der Waals surface area contributed by atoms with Crippen LogP contribution in [-0.2, 0) is 7.05 Å². The number of anilines is 1. The standard InChI is InChI=1S/C27H27N5O/c1-19-3-5-20(6-4-19)21-7-9-22(10-8-21)25-18-32(16-15-29-25)27-30-24(17-26(33)31(27)2)23-11-13-28-14-12-23/h3-14,17,25,29H,15-16,18H2,1-2H3/t25-/m1/s1. The van der Waals surface area contributed by atoms with E-state index in [1.54, 1.807) is 30.1 Å². The van der Waals surface area contributed by atoms with Crippen molar-refractivity contribution < 1.29 is 0 Å². The zero-order chi connectivity index (χ0) is 22.8. The van der Waals surface area contributed by atoms with E-state index in [1.807, 2.05) is 12.1 Å². The smallest absolute Gasteiger partial charge is 0.255 e. The van der Waals surface area contributed by atoms with Gasteiger partial charge in [-0.15, -0.1) is 0 Å². The van der Waals surface area contributed by atoms with Gasteiger partial charge in [-0.2, -0.15) is 0 Å². The first-order valence-corrected chi connectivity index (χ1v) is 11.2. The van der Waals surface area contributed by atoms with Gasteiger partial charge in [0, 0.05) is 56.7 Å². The van der Waals surface area contributed by atoms with Gasteiger partial charge in [0.05, 0.1) is 5.69 Å². The Kier molecular flexibility index (Phi) is 5.75. The van der Waals surface area contributed by atoms with Crippen LogP contribution in [0.2, 0.25) is 0 Å². The van der Waals surface area contributed by atoms with Crippen molar-refractivity contribution >= 4 is 5.95 Å². The molecule has 4 aromatic rings. The normalized spacial score (nSPS) is 16.1. The Morgan fingerprint density at radius 3 is 2.27 bits per heavy atom. The van der Waals surface area contributed by atoms with Crippen LogP contribution < -0.4 is 15.8 Å². The maximum atomic E-state index is 12.7. The van der Waals surface area contributed by atoms with Gasteiger partial charge in [0.1, 0.15) is 0 Å². The molecule has 1 atom stereocenters. The van der Waals surface area contributed by atoms with Crippen molar-refractivity contribution in [2.75, 3.05) is 24.5 Å². The molecule has 1 saturated heterocycles. The number of piperazine rings is 1. The van der Waals surface area contributed by atoms with Gasteiger partial charge in [0.15, 0.2) is 0 Å². The maximum absolute atomic E-state index is 12.7. The molecule has 1 fully saturated rings. The molecule has 0 unspecified atom stereocenters. The Balaban J connectivity index is 1.39. The van der Waals surface area contributed by atoms with Gasteiger partial charge in [-0.3, -0.25) is 14.3 Å². The molecular weight excluding hydrogens is 410 g/mol. The Bertz CT molecular complexity index is 1300. The van der Waals surface area contributed by atoms with Crippen molar-refractivity contribution in [3.05, 3.63) is 101 Å². The fourth-order valence-corrected chi connectivity index (χ4v) is 4.29. The second-order valence-electron chi connectivity index (χ2n) is 8.52. The number of aromatic nitrogens is 3. The predicted octanol–water partition coefficient (Wildman–Crippen LogP) is 3.97. The van der Waals surface area contributed by atoms with Gasteiger partial charge >= 0.3 is 0 Å². The fourth-order valence-electron chi connectivity index (χ4n) is 4.29. The van der Waals surface area contributed by atoms with Crippen molar-refractivity contribution in [2.45, 2.75) is 13.0 Å². The van der Waals surface area contributed by atoms with Gasteiger partial charge in [-0.25, -0.2) is 4.98 Å². The van der Waals surface area contributed by atoms with Gasteiger partial charge in [-0.05, 0) is 35.7 Å². The molecule has 5 rings (SSSR count). The summed E-state index contributed by atoms with van der Waals surface area (Å²) in [4.78, 5) is 23.8. The summed E-state index contributed by atoms with van der Waals surface area (Å²) in [7, 11) is 1.79. The van der Waals surface area contributed by atoms with Gasteiger partial charge in [0.25, 0.3) is 5.56 Å². The van der Waals surface area contributed by atoms with Crippen molar-refractivity contribution in [1.82, 2.24) is 19.9 Å². The van der Waals surface area contributed by atoms with E-state index in [9.17, 15) is 4.79 Å². The third kappa shape index (κ3) is 4.43. The molecule has 1 aliphatic rings. The number of aryl methyl sites for hydroxylation is 1. The first kappa shape index (κ1) is 21.1. The average molecular weight is 438 g/mol. The minimum absolute atomic E-state index is 0.0654. The summed E-state index contributed by atoms with van der Waals surface area (Å²) in [5.41, 5.74) is 6.42. The maximum Gasteiger partial charge on any atom is 0.255 e. The molecule has 166 valence electrons. The fraction of sp³-hybridized carbons (Fsp3) is 0.222. The Hall–Kier alpha value is -3.77. The van der Waals surface area contributed by atoms with E-state index >= 15 is 0 Å². The molecule has 0 aliphatic carbocycles. The van der Waals surface area contributed by atoms with Crippen molar-refractivity contribution in [2.24, 2.45) is 7.05 Å². The summed E-state index contributed by atoms with van der Waals surface area (Å²) in [6, 6.07) is 22.8. The number of nitrogens with one attached hydrogen (secondary N) is 1. The van der Waals surface area contributed by atoms with E-state index in [-0.39, 0.29) is 11.6 Å². The van der Waals surface area contributed by atoms with Crippen LogP contribution in [0.15, 0.2) is 83.9 Å². The Labute approximate surface area is 193 Å². The van der Waals surface area contributed by atoms with Crippen LogP contribution >= 0.6 is 0 Å². The molecule has 0 bridgehead atoms. The number of hydrogen-bond acceptors (Lipinski definition) is 5. The summed E-state index contributed by atoms with van der Waals surface area (Å²) in [5, 5.41) is 3.62. The lowest BCUT2D eigenvalue weighted by Gasteiger charge is -2.35. The molecule has 0 amide bonds. The minimum Gasteiger partial charge on any atom is -0.339 e. The van der Waals surface area contributed by atoms with Gasteiger partial charge < -0.3 is 10.2 Å². The van der Waals surface area contributed by atoms with Crippen molar-refractivity contribution in [3.8, 4) is 22.4 Å². The molecule has 0 saturated carbocycles. The summed E-state index contributed by atoms with van der Waals surface area (Å²) in [6.07, 6.45) is 3.44. The third-order valence-electron chi connectivity index (χ3n) is 6.24. The van der Waals surface area contributed by atoms with E-state index in [1.165, 1.54) is 22.3 Å². The van der Waals surface area contributed by atoms with E-state index < -0.39 is 0 Å². The molecule has 0 radical (unpaired) electrons. The highest BCUT2D eigenvalue weighted by atomic mass is 16.1. The highest BCUT2D eigenvalue weighted by molar-refractivity contribution is 5.64. The molecule has 2 aromatic carbocycles. The molecule has 6 heteroatoms. The molecule has 1 N–H and O–H groups in total. The van der Waals surface area contributed by atoms with Crippen LogP contribution in [0.5, 0.6) is 0 Å². The highest BCUT2D eigenvalue weighted by Crippen LogP contribution is 2.26. The highest BCUT2D eigenvalue weighted by Gasteiger charge is 2.24. The molecule has 1 aliphatic heterocycles. The zero-order valence-corrected chi connectivity index (χ0v) is 18.9. The van der Waals surface area contributed by atoms with Crippen LogP contribution in [0, 0.1) is 6.92 Å². The molecule has 6 nitrogen and oxygen atoms in total. The average Bonchev–Trinajstić information content (AvgIpc) is 2.87. The molecule has 33 heavy (non-hydrogen) atoms. The monoisotopic (exact) mass is 437 g/mol. The molecule has 3 heterocycles. The number of rotatable bonds is 4. The van der Waals surface area contributed by atoms with E-state index in [0.717, 1.165) is 25.2 Å². The van der Waals surface area contributed by atoms with Crippen molar-refractivity contribution in [1.29, 1.82) is 0 Å². The second-order valence-corrected chi connectivity index (χ2v) is 8.52. The lowest BCUT2D eigenvalue weighted by atomic mass is 9.99. The molecule has 2 aromatic heterocycles. The van der Waals surface area contributed by atoms with Crippen LogP contribution in [0.1, 0.15) is 17.2 Å². The topological polar surface area (TPSA) is 63.1 Å². The lowest BCUT2D eigenvalue weighted by Crippen LogP contribution is -2.47. The van der Waals surface area contributed by atoms with Crippen LogP contribution in [0.25, 0.3) is 22.4 Å². The van der Waals surface area contributed by atoms with Crippen LogP contribution in [-0.4, -0.2) is 34.2 Å². The number of nitrogens with zero attached hydrogens (tertiary/aromatic N) is 4. The predicted molar refractivity (Wildman–Crippen MR) is 132 cm³/mol. The SMILES string of the molecule is Cc1ccc(-c2ccc([C@H]3CN(c4nc(-c5ccncc5)cc(=O)n4C)CCN3)cc2)cc1. The zero-order valence-electron chi connectivity index (χ0n) is 18.9. The largest absolute Gasteiger partial charge is 0.339 e. The summed E-state index contributed by atoms with van der Waals surface area (Å²) >= 11 is 0. The van der Waals surface area contributed by atoms with E-state index in [2.05, 4.69) is 70.7 Å². The van der Waals surface area contributed by atoms with E-state index in [4.69, 9.17) is 4.98 Å². The second kappa shape index (κ2) is 9.00. The quantitative estimate of drug-likeness (QED) is 0.524. The first-order chi connectivity index (χ1) is 16.1. The molecular formula is C27H27N5O. The summed E-state index contributed by atoms with van der Waals surface area (Å²) in [6.45, 7) is 4.45. The first-order valence-electron chi connectivity index (χ1n) is 11.2. The Morgan fingerprint density at radius 2 is 1.58 bits per heavy atom. The summed E-state index contributed by atoms with van der Waals surface area (Å²) < 4.78 is 1.63. The van der Waals surface area contributed by atoms with Crippen LogP contribution in [0.4, 0.5) is 5.95 Å². The minimum atomic E-state index is -0.0654. The van der Waals surface area contributed by atoms with Gasteiger partial charge in [0.2, 0.25) is 5.95 Å². The summed E-state index contributed by atoms with van der Waals surface area (Å²) in [5.74, 6) is 0.692. The van der Waals surface area contributed by atoms with Gasteiger partial charge in [-0.1, -0.05) is 54.1 Å². The van der Waals surface area contributed by atoms with Crippen LogP contribution in [0.3, 0.4) is 0 Å². The number of hydrogen-bond donors (Lipinski definition) is 1. The van der Waals surface area contributed by atoms with Crippen molar-refractivity contribution in [3.63, 3.8) is 0 Å². The third-order valence-corrected chi connectivity index (χ3v) is 6.24. The number of benzene rings is 2.